The predicted molar refractivity (Wildman–Crippen MR) is 107 cm³/mol. The Balaban J connectivity index is 1.29. The SMILES string of the molecule is O=C(NCCC(=O)N1CCCC1)NC1CCN(Cc2ccc(Cl)cc2)CC1. The van der Waals surface area contributed by atoms with E-state index in [2.05, 4.69) is 27.7 Å². The molecule has 2 N–H and O–H groups in total. The molecule has 0 aromatic heterocycles. The second-order valence-corrected chi connectivity index (χ2v) is 7.85. The van der Waals surface area contributed by atoms with Gasteiger partial charge in [0.25, 0.3) is 0 Å². The molecular formula is C20H29ClN4O2. The fraction of sp³-hybridized carbons (Fsp3) is 0.600. The van der Waals surface area contributed by atoms with Crippen molar-refractivity contribution in [2.45, 2.75) is 44.7 Å². The smallest absolute Gasteiger partial charge is 0.315 e. The summed E-state index contributed by atoms with van der Waals surface area (Å²) in [7, 11) is 0. The summed E-state index contributed by atoms with van der Waals surface area (Å²) in [6, 6.07) is 7.99. The summed E-state index contributed by atoms with van der Waals surface area (Å²) >= 11 is 5.93. The first-order valence-corrected chi connectivity index (χ1v) is 10.3. The van der Waals surface area contributed by atoms with Crippen molar-refractivity contribution in [1.29, 1.82) is 0 Å². The summed E-state index contributed by atoms with van der Waals surface area (Å²) in [4.78, 5) is 28.3. The molecule has 2 fully saturated rings. The molecule has 0 saturated carbocycles. The first-order valence-electron chi connectivity index (χ1n) is 9.89. The van der Waals surface area contributed by atoms with Crippen LogP contribution in [0.15, 0.2) is 24.3 Å². The molecule has 0 spiro atoms. The largest absolute Gasteiger partial charge is 0.343 e. The molecule has 148 valence electrons. The van der Waals surface area contributed by atoms with E-state index in [0.717, 1.165) is 63.4 Å². The van der Waals surface area contributed by atoms with Crippen LogP contribution in [0.5, 0.6) is 0 Å². The monoisotopic (exact) mass is 392 g/mol. The van der Waals surface area contributed by atoms with Crippen LogP contribution in [0, 0.1) is 0 Å². The third kappa shape index (κ3) is 6.40. The number of hydrogen-bond acceptors (Lipinski definition) is 3. The van der Waals surface area contributed by atoms with Crippen LogP contribution in [0.1, 0.15) is 37.7 Å². The minimum Gasteiger partial charge on any atom is -0.343 e. The van der Waals surface area contributed by atoms with Gasteiger partial charge in [0.05, 0.1) is 0 Å². The number of amides is 3. The van der Waals surface area contributed by atoms with Gasteiger partial charge in [-0.1, -0.05) is 23.7 Å². The Morgan fingerprint density at radius 2 is 1.70 bits per heavy atom. The molecule has 0 unspecified atom stereocenters. The standard InChI is InChI=1S/C20H29ClN4O2/c21-17-5-3-16(4-6-17)15-24-13-8-18(9-14-24)23-20(27)22-10-7-19(26)25-11-1-2-12-25/h3-6,18H,1-2,7-15H2,(H2,22,23,27). The summed E-state index contributed by atoms with van der Waals surface area (Å²) in [6.07, 6.45) is 4.45. The normalized spacial score (nSPS) is 18.5. The van der Waals surface area contributed by atoms with Gasteiger partial charge in [0.1, 0.15) is 0 Å². The average Bonchev–Trinajstić information content (AvgIpc) is 3.20. The molecule has 2 saturated heterocycles. The number of benzene rings is 1. The number of urea groups is 1. The van der Waals surface area contributed by atoms with Crippen molar-refractivity contribution in [3.63, 3.8) is 0 Å². The predicted octanol–water partition coefficient (Wildman–Crippen LogP) is 2.62. The van der Waals surface area contributed by atoms with E-state index in [1.54, 1.807) is 0 Å². The van der Waals surface area contributed by atoms with Crippen molar-refractivity contribution >= 4 is 23.5 Å². The lowest BCUT2D eigenvalue weighted by molar-refractivity contribution is -0.129. The van der Waals surface area contributed by atoms with Gasteiger partial charge in [0, 0.05) is 56.8 Å². The highest BCUT2D eigenvalue weighted by Gasteiger charge is 2.21. The van der Waals surface area contributed by atoms with Gasteiger partial charge in [0.2, 0.25) is 5.91 Å². The van der Waals surface area contributed by atoms with Gasteiger partial charge in [-0.15, -0.1) is 0 Å². The number of halogens is 1. The highest BCUT2D eigenvalue weighted by molar-refractivity contribution is 6.30. The van der Waals surface area contributed by atoms with Crippen molar-refractivity contribution in [2.75, 3.05) is 32.7 Å². The Kier molecular flexibility index (Phi) is 7.35. The van der Waals surface area contributed by atoms with E-state index in [0.29, 0.717) is 13.0 Å². The summed E-state index contributed by atoms with van der Waals surface area (Å²) in [5, 5.41) is 6.61. The second kappa shape index (κ2) is 9.95. The van der Waals surface area contributed by atoms with E-state index in [-0.39, 0.29) is 18.0 Å². The zero-order valence-electron chi connectivity index (χ0n) is 15.8. The Morgan fingerprint density at radius 1 is 1.04 bits per heavy atom. The number of likely N-dealkylation sites (tertiary alicyclic amines) is 2. The topological polar surface area (TPSA) is 64.7 Å². The van der Waals surface area contributed by atoms with Crippen LogP contribution >= 0.6 is 11.6 Å². The Bertz CT molecular complexity index is 623. The molecule has 1 aromatic rings. The molecule has 1 aromatic carbocycles. The van der Waals surface area contributed by atoms with Gasteiger partial charge in [-0.25, -0.2) is 4.79 Å². The molecule has 3 rings (SSSR count). The number of carbonyl (C=O) groups excluding carboxylic acids is 2. The van der Waals surface area contributed by atoms with Gasteiger partial charge in [-0.2, -0.15) is 0 Å². The number of nitrogens with one attached hydrogen (secondary N) is 2. The van der Waals surface area contributed by atoms with Crippen molar-refractivity contribution in [3.8, 4) is 0 Å². The maximum absolute atomic E-state index is 12.0. The third-order valence-corrected chi connectivity index (χ3v) is 5.58. The average molecular weight is 393 g/mol. The van der Waals surface area contributed by atoms with Gasteiger partial charge < -0.3 is 15.5 Å². The quantitative estimate of drug-likeness (QED) is 0.782. The van der Waals surface area contributed by atoms with Crippen molar-refractivity contribution < 1.29 is 9.59 Å². The van der Waals surface area contributed by atoms with Crippen LogP contribution in [-0.4, -0.2) is 60.5 Å². The molecule has 3 amide bonds. The molecule has 0 atom stereocenters. The Labute approximate surface area is 166 Å². The summed E-state index contributed by atoms with van der Waals surface area (Å²) in [5.41, 5.74) is 1.26. The van der Waals surface area contributed by atoms with E-state index in [1.165, 1.54) is 5.56 Å². The molecule has 7 heteroatoms. The summed E-state index contributed by atoms with van der Waals surface area (Å²) < 4.78 is 0. The lowest BCUT2D eigenvalue weighted by atomic mass is 10.0. The van der Waals surface area contributed by atoms with E-state index < -0.39 is 0 Å². The fourth-order valence-corrected chi connectivity index (χ4v) is 3.85. The van der Waals surface area contributed by atoms with Gasteiger partial charge in [-0.3, -0.25) is 9.69 Å². The molecule has 27 heavy (non-hydrogen) atoms. The maximum atomic E-state index is 12.0. The van der Waals surface area contributed by atoms with Crippen molar-refractivity contribution in [1.82, 2.24) is 20.4 Å². The zero-order valence-corrected chi connectivity index (χ0v) is 16.5. The molecule has 0 bridgehead atoms. The Hall–Kier alpha value is -1.79. The summed E-state index contributed by atoms with van der Waals surface area (Å²) in [5.74, 6) is 0.142. The molecule has 2 heterocycles. The minimum absolute atomic E-state index is 0.142. The molecule has 2 aliphatic rings. The molecule has 0 radical (unpaired) electrons. The number of carbonyl (C=O) groups is 2. The van der Waals surface area contributed by atoms with Crippen LogP contribution in [0.3, 0.4) is 0 Å². The maximum Gasteiger partial charge on any atom is 0.315 e. The van der Waals surface area contributed by atoms with Crippen molar-refractivity contribution in [2.24, 2.45) is 0 Å². The van der Waals surface area contributed by atoms with Crippen LogP contribution < -0.4 is 10.6 Å². The molecule has 0 aliphatic carbocycles. The van der Waals surface area contributed by atoms with E-state index in [4.69, 9.17) is 11.6 Å². The number of nitrogens with zero attached hydrogens (tertiary/aromatic N) is 2. The van der Waals surface area contributed by atoms with Gasteiger partial charge >= 0.3 is 6.03 Å². The van der Waals surface area contributed by atoms with E-state index in [1.807, 2.05) is 17.0 Å². The summed E-state index contributed by atoms with van der Waals surface area (Å²) in [6.45, 7) is 4.95. The second-order valence-electron chi connectivity index (χ2n) is 7.42. The highest BCUT2D eigenvalue weighted by Crippen LogP contribution is 2.16. The molecule has 2 aliphatic heterocycles. The van der Waals surface area contributed by atoms with Crippen LogP contribution in [0.25, 0.3) is 0 Å². The lowest BCUT2D eigenvalue weighted by Gasteiger charge is -2.32. The first-order chi connectivity index (χ1) is 13.1. The zero-order chi connectivity index (χ0) is 19.1. The lowest BCUT2D eigenvalue weighted by Crippen LogP contribution is -2.48. The minimum atomic E-state index is -0.166. The highest BCUT2D eigenvalue weighted by atomic mass is 35.5. The third-order valence-electron chi connectivity index (χ3n) is 5.33. The molecule has 6 nitrogen and oxygen atoms in total. The number of piperidine rings is 1. The van der Waals surface area contributed by atoms with E-state index >= 15 is 0 Å². The van der Waals surface area contributed by atoms with Crippen LogP contribution in [0.2, 0.25) is 5.02 Å². The van der Waals surface area contributed by atoms with E-state index in [9.17, 15) is 9.59 Å². The number of hydrogen-bond donors (Lipinski definition) is 2. The molecular weight excluding hydrogens is 364 g/mol. The number of rotatable bonds is 6. The fourth-order valence-electron chi connectivity index (χ4n) is 3.73. The first kappa shape index (κ1) is 20.0. The Morgan fingerprint density at radius 3 is 2.37 bits per heavy atom. The van der Waals surface area contributed by atoms with Crippen LogP contribution in [-0.2, 0) is 11.3 Å². The van der Waals surface area contributed by atoms with Crippen molar-refractivity contribution in [3.05, 3.63) is 34.9 Å². The van der Waals surface area contributed by atoms with Crippen LogP contribution in [0.4, 0.5) is 4.79 Å². The van der Waals surface area contributed by atoms with Gasteiger partial charge in [0.15, 0.2) is 0 Å². The van der Waals surface area contributed by atoms with Gasteiger partial charge in [-0.05, 0) is 43.4 Å².